The largest absolute Gasteiger partial charge is 0.407 e. The quantitative estimate of drug-likeness (QED) is 0.304. The first-order valence-corrected chi connectivity index (χ1v) is 10.4. The van der Waals surface area contributed by atoms with E-state index in [4.69, 9.17) is 15.9 Å². The minimum absolute atomic E-state index is 0.0382. The zero-order chi connectivity index (χ0) is 22.6. The van der Waals surface area contributed by atoms with Crippen molar-refractivity contribution >= 4 is 23.5 Å². The van der Waals surface area contributed by atoms with Crippen LogP contribution in [-0.2, 0) is 4.74 Å². The number of unbranched alkanes of at least 4 members (excludes halogenated alkanes) is 1. The number of nitrogens with two attached hydrogens (primary N) is 1. The number of aliphatic imine (C=N–C) groups is 1. The van der Waals surface area contributed by atoms with Gasteiger partial charge < -0.3 is 20.7 Å². The standard InChI is InChI=1S/C23H30FN5O2/c1-3-29(4-2)16-8-7-15-27-23(26)31-21(25)17-11-13-18(14-12-17)28-22(30)19-9-5-6-10-20(19)24/h5-6,9-14,25H,3-4,7-8,15-16H2,1-2H3,(H2,26,27)(H,28,30). The Balaban J connectivity index is 1.82. The molecular formula is C23H30FN5O2. The Bertz CT molecular complexity index is 895. The van der Waals surface area contributed by atoms with Gasteiger partial charge in [-0.3, -0.25) is 10.2 Å². The SMILES string of the molecule is CCN(CC)CCCCN=C(N)OC(=N)c1ccc(NC(=O)c2ccccc2F)cc1. The van der Waals surface area contributed by atoms with E-state index in [1.165, 1.54) is 18.2 Å². The molecule has 31 heavy (non-hydrogen) atoms. The van der Waals surface area contributed by atoms with Crippen LogP contribution in [0.4, 0.5) is 10.1 Å². The molecule has 0 atom stereocenters. The van der Waals surface area contributed by atoms with E-state index in [2.05, 4.69) is 29.1 Å². The molecule has 1 amide bonds. The highest BCUT2D eigenvalue weighted by molar-refractivity contribution is 6.05. The van der Waals surface area contributed by atoms with Crippen molar-refractivity contribution in [1.29, 1.82) is 5.41 Å². The van der Waals surface area contributed by atoms with Gasteiger partial charge in [-0.1, -0.05) is 26.0 Å². The number of hydrogen-bond acceptors (Lipinski definition) is 5. The van der Waals surface area contributed by atoms with Gasteiger partial charge >= 0.3 is 0 Å². The van der Waals surface area contributed by atoms with E-state index in [-0.39, 0.29) is 17.5 Å². The number of anilines is 1. The van der Waals surface area contributed by atoms with Crippen LogP contribution in [0.1, 0.15) is 42.6 Å². The first-order valence-electron chi connectivity index (χ1n) is 10.4. The maximum absolute atomic E-state index is 13.7. The monoisotopic (exact) mass is 427 g/mol. The lowest BCUT2D eigenvalue weighted by molar-refractivity contribution is 0.102. The van der Waals surface area contributed by atoms with E-state index in [1.807, 2.05) is 0 Å². The van der Waals surface area contributed by atoms with E-state index in [0.717, 1.165) is 32.5 Å². The topological polar surface area (TPSA) is 104 Å². The van der Waals surface area contributed by atoms with Crippen molar-refractivity contribution in [3.63, 3.8) is 0 Å². The van der Waals surface area contributed by atoms with Crippen LogP contribution in [-0.4, -0.2) is 48.9 Å². The second-order valence-electron chi connectivity index (χ2n) is 6.90. The van der Waals surface area contributed by atoms with Crippen molar-refractivity contribution in [2.75, 3.05) is 31.5 Å². The third kappa shape index (κ3) is 7.82. The van der Waals surface area contributed by atoms with Gasteiger partial charge in [0.1, 0.15) is 5.82 Å². The number of halogens is 1. The highest BCUT2D eigenvalue weighted by Crippen LogP contribution is 2.14. The van der Waals surface area contributed by atoms with Gasteiger partial charge in [0.2, 0.25) is 5.90 Å². The fraction of sp³-hybridized carbons (Fsp3) is 0.348. The van der Waals surface area contributed by atoms with Crippen LogP contribution in [0.15, 0.2) is 53.5 Å². The lowest BCUT2D eigenvalue weighted by atomic mass is 10.1. The third-order valence-corrected chi connectivity index (χ3v) is 4.77. The van der Waals surface area contributed by atoms with Crippen LogP contribution in [0.5, 0.6) is 0 Å². The number of carbonyl (C=O) groups is 1. The number of rotatable bonds is 10. The van der Waals surface area contributed by atoms with Crippen LogP contribution < -0.4 is 11.1 Å². The summed E-state index contributed by atoms with van der Waals surface area (Å²) in [5, 5.41) is 10.7. The molecule has 0 radical (unpaired) electrons. The van der Waals surface area contributed by atoms with E-state index in [9.17, 15) is 9.18 Å². The molecule has 7 nitrogen and oxygen atoms in total. The summed E-state index contributed by atoms with van der Waals surface area (Å²) in [6, 6.07) is 12.1. The van der Waals surface area contributed by atoms with Crippen molar-refractivity contribution in [2.45, 2.75) is 26.7 Å². The average Bonchev–Trinajstić information content (AvgIpc) is 2.77. The zero-order valence-corrected chi connectivity index (χ0v) is 18.0. The van der Waals surface area contributed by atoms with E-state index >= 15 is 0 Å². The summed E-state index contributed by atoms with van der Waals surface area (Å²) < 4.78 is 19.0. The number of nitrogens with one attached hydrogen (secondary N) is 2. The summed E-state index contributed by atoms with van der Waals surface area (Å²) in [6.45, 7) is 7.92. The Morgan fingerprint density at radius 1 is 1.13 bits per heavy atom. The molecule has 0 saturated carbocycles. The number of carbonyl (C=O) groups excluding carboxylic acids is 1. The van der Waals surface area contributed by atoms with E-state index in [1.54, 1.807) is 30.3 Å². The highest BCUT2D eigenvalue weighted by atomic mass is 19.1. The molecule has 0 aliphatic carbocycles. The lowest BCUT2D eigenvalue weighted by Crippen LogP contribution is -2.24. The van der Waals surface area contributed by atoms with Crippen molar-refractivity contribution < 1.29 is 13.9 Å². The number of benzene rings is 2. The van der Waals surface area contributed by atoms with Crippen molar-refractivity contribution in [2.24, 2.45) is 10.7 Å². The molecular weight excluding hydrogens is 397 g/mol. The van der Waals surface area contributed by atoms with Gasteiger partial charge in [-0.15, -0.1) is 0 Å². The number of hydrogen-bond donors (Lipinski definition) is 3. The van der Waals surface area contributed by atoms with Crippen LogP contribution >= 0.6 is 0 Å². The summed E-state index contributed by atoms with van der Waals surface area (Å²) in [4.78, 5) is 18.7. The molecule has 2 aromatic rings. The predicted octanol–water partition coefficient (Wildman–Crippen LogP) is 3.86. The molecule has 0 bridgehead atoms. The average molecular weight is 428 g/mol. The molecule has 8 heteroatoms. The number of nitrogens with zero attached hydrogens (tertiary/aromatic N) is 2. The molecule has 0 aromatic heterocycles. The summed E-state index contributed by atoms with van der Waals surface area (Å²) in [6.07, 6.45) is 1.92. The van der Waals surface area contributed by atoms with Crippen LogP contribution in [0.2, 0.25) is 0 Å². The highest BCUT2D eigenvalue weighted by Gasteiger charge is 2.11. The fourth-order valence-electron chi connectivity index (χ4n) is 2.92. The minimum atomic E-state index is -0.588. The Hall–Kier alpha value is -3.26. The number of amides is 1. The van der Waals surface area contributed by atoms with Gasteiger partial charge in [0.15, 0.2) is 0 Å². The normalized spacial score (nSPS) is 11.4. The second-order valence-corrected chi connectivity index (χ2v) is 6.90. The molecule has 0 aliphatic rings. The van der Waals surface area contributed by atoms with Crippen molar-refractivity contribution in [3.8, 4) is 0 Å². The second kappa shape index (κ2) is 12.4. The first-order chi connectivity index (χ1) is 14.9. The molecule has 0 aliphatic heterocycles. The Kier molecular flexibility index (Phi) is 9.64. The van der Waals surface area contributed by atoms with E-state index < -0.39 is 11.7 Å². The van der Waals surface area contributed by atoms with Gasteiger partial charge in [-0.2, -0.15) is 0 Å². The Morgan fingerprint density at radius 2 is 1.81 bits per heavy atom. The molecule has 0 spiro atoms. The molecule has 0 heterocycles. The molecule has 2 aromatic carbocycles. The third-order valence-electron chi connectivity index (χ3n) is 4.77. The lowest BCUT2D eigenvalue weighted by Gasteiger charge is -2.17. The van der Waals surface area contributed by atoms with Gasteiger partial charge in [-0.25, -0.2) is 9.38 Å². The summed E-state index contributed by atoms with van der Waals surface area (Å²) >= 11 is 0. The number of amidine groups is 1. The summed E-state index contributed by atoms with van der Waals surface area (Å²) in [5.41, 5.74) is 6.67. The predicted molar refractivity (Wildman–Crippen MR) is 122 cm³/mol. The molecule has 2 rings (SSSR count). The summed E-state index contributed by atoms with van der Waals surface area (Å²) in [7, 11) is 0. The smallest absolute Gasteiger partial charge is 0.288 e. The molecule has 4 N–H and O–H groups in total. The van der Waals surface area contributed by atoms with Gasteiger partial charge in [-0.05, 0) is 68.9 Å². The molecule has 0 saturated heterocycles. The van der Waals surface area contributed by atoms with Crippen LogP contribution in [0.25, 0.3) is 0 Å². The maximum atomic E-state index is 13.7. The first kappa shape index (κ1) is 24.0. The van der Waals surface area contributed by atoms with Crippen molar-refractivity contribution in [3.05, 3.63) is 65.5 Å². The Labute approximate surface area is 182 Å². The molecule has 166 valence electrons. The summed E-state index contributed by atoms with van der Waals surface area (Å²) in [5.74, 6) is -1.28. The van der Waals surface area contributed by atoms with Crippen LogP contribution in [0.3, 0.4) is 0 Å². The van der Waals surface area contributed by atoms with Gasteiger partial charge in [0, 0.05) is 17.8 Å². The molecule has 0 fully saturated rings. The molecule has 0 unspecified atom stereocenters. The fourth-order valence-corrected chi connectivity index (χ4v) is 2.92. The van der Waals surface area contributed by atoms with Crippen LogP contribution in [0, 0.1) is 11.2 Å². The zero-order valence-electron chi connectivity index (χ0n) is 18.0. The van der Waals surface area contributed by atoms with Gasteiger partial charge in [0.05, 0.1) is 5.56 Å². The van der Waals surface area contributed by atoms with E-state index in [0.29, 0.717) is 17.8 Å². The Morgan fingerprint density at radius 3 is 2.45 bits per heavy atom. The maximum Gasteiger partial charge on any atom is 0.288 e. The minimum Gasteiger partial charge on any atom is -0.407 e. The number of ether oxygens (including phenoxy) is 1. The van der Waals surface area contributed by atoms with Gasteiger partial charge in [0.25, 0.3) is 11.9 Å². The van der Waals surface area contributed by atoms with Crippen molar-refractivity contribution in [1.82, 2.24) is 4.90 Å².